The third-order valence-electron chi connectivity index (χ3n) is 3.76. The normalized spacial score (nSPS) is 21.9. The molecule has 0 N–H and O–H groups in total. The van der Waals surface area contributed by atoms with Gasteiger partial charge in [-0.05, 0) is 24.7 Å². The Hall–Kier alpha value is -0.920. The summed E-state index contributed by atoms with van der Waals surface area (Å²) >= 11 is 0. The van der Waals surface area contributed by atoms with Gasteiger partial charge < -0.3 is 9.80 Å². The number of nitrogens with zero attached hydrogens (tertiary/aromatic N) is 2. The smallest absolute Gasteiger partial charge is 0.0636 e. The molecule has 2 nitrogen and oxygen atoms in total. The number of hydrogen-bond acceptors (Lipinski definition) is 2. The predicted molar refractivity (Wildman–Crippen MR) is 73.7 cm³/mol. The highest BCUT2D eigenvalue weighted by molar-refractivity contribution is 5.10. The molecule has 17 heavy (non-hydrogen) atoms. The summed E-state index contributed by atoms with van der Waals surface area (Å²) in [6.45, 7) is 18.7. The van der Waals surface area contributed by atoms with Gasteiger partial charge >= 0.3 is 0 Å². The second kappa shape index (κ2) is 4.40. The van der Waals surface area contributed by atoms with Gasteiger partial charge in [-0.3, -0.25) is 0 Å². The minimum Gasteiger partial charge on any atom is -0.371 e. The Kier molecular flexibility index (Phi) is 3.24. The fraction of sp³-hybridized carbons (Fsp3) is 0.733. The molecule has 2 fully saturated rings. The molecule has 0 atom stereocenters. The Morgan fingerprint density at radius 1 is 1.35 bits per heavy atom. The van der Waals surface area contributed by atoms with Crippen molar-refractivity contribution < 1.29 is 0 Å². The minimum absolute atomic E-state index is 0.347. The van der Waals surface area contributed by atoms with Crippen molar-refractivity contribution in [2.24, 2.45) is 5.41 Å². The molecule has 0 aromatic rings. The molecular weight excluding hydrogens is 208 g/mol. The molecule has 2 aliphatic rings. The average molecular weight is 234 g/mol. The summed E-state index contributed by atoms with van der Waals surface area (Å²) in [5, 5.41) is 0. The van der Waals surface area contributed by atoms with Gasteiger partial charge in [0.25, 0.3) is 0 Å². The van der Waals surface area contributed by atoms with Crippen LogP contribution in [0.4, 0.5) is 0 Å². The zero-order valence-electron chi connectivity index (χ0n) is 11.6. The molecule has 0 bridgehead atoms. The van der Waals surface area contributed by atoms with E-state index in [0.29, 0.717) is 11.5 Å². The lowest BCUT2D eigenvalue weighted by molar-refractivity contribution is 0.0847. The van der Waals surface area contributed by atoms with Crippen LogP contribution in [0, 0.1) is 5.41 Å². The lowest BCUT2D eigenvalue weighted by atomic mass is 9.89. The van der Waals surface area contributed by atoms with Crippen molar-refractivity contribution in [3.8, 4) is 0 Å². The molecular formula is C15H26N2. The molecule has 2 heterocycles. The summed E-state index contributed by atoms with van der Waals surface area (Å²) in [7, 11) is 0. The van der Waals surface area contributed by atoms with Crippen LogP contribution < -0.4 is 0 Å². The van der Waals surface area contributed by atoms with Crippen LogP contribution in [0.5, 0.6) is 0 Å². The monoisotopic (exact) mass is 234 g/mol. The van der Waals surface area contributed by atoms with Crippen LogP contribution in [0.15, 0.2) is 24.6 Å². The molecule has 0 aliphatic carbocycles. The number of rotatable bonds is 3. The van der Waals surface area contributed by atoms with Gasteiger partial charge in [0.15, 0.2) is 0 Å². The summed E-state index contributed by atoms with van der Waals surface area (Å²) in [4.78, 5) is 4.93. The molecule has 2 heteroatoms. The second-order valence-electron chi connectivity index (χ2n) is 6.73. The van der Waals surface area contributed by atoms with E-state index in [1.807, 2.05) is 0 Å². The first kappa shape index (κ1) is 12.5. The lowest BCUT2D eigenvalue weighted by Gasteiger charge is -2.48. The first-order valence-electron chi connectivity index (χ1n) is 6.74. The van der Waals surface area contributed by atoms with E-state index >= 15 is 0 Å². The maximum Gasteiger partial charge on any atom is 0.0636 e. The maximum absolute atomic E-state index is 4.23. The number of hydrogen-bond donors (Lipinski definition) is 0. The van der Waals surface area contributed by atoms with Crippen molar-refractivity contribution in [3.05, 3.63) is 24.6 Å². The predicted octanol–water partition coefficient (Wildman–Crippen LogP) is 3.23. The van der Waals surface area contributed by atoms with Crippen LogP contribution >= 0.6 is 0 Å². The van der Waals surface area contributed by atoms with Gasteiger partial charge in [-0.25, -0.2) is 0 Å². The number of likely N-dealkylation sites (tertiary alicyclic amines) is 2. The molecule has 2 rings (SSSR count). The van der Waals surface area contributed by atoms with Crippen molar-refractivity contribution in [2.75, 3.05) is 19.6 Å². The lowest BCUT2D eigenvalue weighted by Crippen LogP contribution is -2.57. The Bertz CT molecular complexity index is 318. The van der Waals surface area contributed by atoms with Crippen molar-refractivity contribution in [1.29, 1.82) is 0 Å². The van der Waals surface area contributed by atoms with Crippen molar-refractivity contribution in [2.45, 2.75) is 46.1 Å². The summed E-state index contributed by atoms with van der Waals surface area (Å²) in [5.41, 5.74) is 2.99. The zero-order valence-corrected chi connectivity index (χ0v) is 11.6. The highest BCUT2D eigenvalue weighted by Crippen LogP contribution is 2.32. The molecule has 0 aromatic heterocycles. The third kappa shape index (κ3) is 2.85. The second-order valence-corrected chi connectivity index (χ2v) is 6.73. The van der Waals surface area contributed by atoms with Gasteiger partial charge in [-0.2, -0.15) is 0 Å². The molecule has 0 saturated carbocycles. The summed E-state index contributed by atoms with van der Waals surface area (Å²) in [6.07, 6.45) is 3.58. The van der Waals surface area contributed by atoms with Crippen LogP contribution in [-0.2, 0) is 0 Å². The van der Waals surface area contributed by atoms with E-state index in [0.717, 1.165) is 19.5 Å². The molecule has 0 radical (unpaired) electrons. The van der Waals surface area contributed by atoms with E-state index in [2.05, 4.69) is 43.7 Å². The van der Waals surface area contributed by atoms with E-state index in [-0.39, 0.29) is 0 Å². The van der Waals surface area contributed by atoms with Crippen LogP contribution in [0.2, 0.25) is 0 Å². The van der Waals surface area contributed by atoms with E-state index in [1.165, 1.54) is 30.8 Å². The van der Waals surface area contributed by atoms with Gasteiger partial charge in [-0.15, -0.1) is 0 Å². The van der Waals surface area contributed by atoms with Gasteiger partial charge in [0.2, 0.25) is 0 Å². The fourth-order valence-corrected chi connectivity index (χ4v) is 2.83. The Morgan fingerprint density at radius 3 is 2.47 bits per heavy atom. The van der Waals surface area contributed by atoms with Gasteiger partial charge in [-0.1, -0.05) is 33.9 Å². The van der Waals surface area contributed by atoms with E-state index in [9.17, 15) is 0 Å². The van der Waals surface area contributed by atoms with Crippen molar-refractivity contribution in [3.63, 3.8) is 0 Å². The molecule has 0 unspecified atom stereocenters. The van der Waals surface area contributed by atoms with Gasteiger partial charge in [0.05, 0.1) is 6.04 Å². The van der Waals surface area contributed by atoms with Crippen LogP contribution in [0.1, 0.15) is 40.0 Å². The topological polar surface area (TPSA) is 6.48 Å². The molecule has 2 aliphatic heterocycles. The molecule has 0 spiro atoms. The van der Waals surface area contributed by atoms with Gasteiger partial charge in [0.1, 0.15) is 0 Å². The van der Waals surface area contributed by atoms with E-state index < -0.39 is 0 Å². The Balaban J connectivity index is 1.79. The molecule has 0 amide bonds. The largest absolute Gasteiger partial charge is 0.371 e. The van der Waals surface area contributed by atoms with Crippen LogP contribution in [0.3, 0.4) is 0 Å². The zero-order chi connectivity index (χ0) is 12.6. The maximum atomic E-state index is 4.23. The molecule has 96 valence electrons. The summed E-state index contributed by atoms with van der Waals surface area (Å²) in [5.74, 6) is 0. The minimum atomic E-state index is 0.347. The highest BCUT2D eigenvalue weighted by atomic mass is 15.3. The third-order valence-corrected chi connectivity index (χ3v) is 3.76. The average Bonchev–Trinajstić information content (AvgIpc) is 2.46. The quantitative estimate of drug-likeness (QED) is 0.740. The van der Waals surface area contributed by atoms with E-state index in [1.54, 1.807) is 0 Å². The fourth-order valence-electron chi connectivity index (χ4n) is 2.83. The molecule has 0 aromatic carbocycles. The summed E-state index contributed by atoms with van der Waals surface area (Å²) < 4.78 is 0. The first-order valence-corrected chi connectivity index (χ1v) is 6.74. The van der Waals surface area contributed by atoms with Crippen LogP contribution in [-0.4, -0.2) is 35.5 Å². The number of allylic oxidation sites excluding steroid dienone is 2. The highest BCUT2D eigenvalue weighted by Gasteiger charge is 2.35. The van der Waals surface area contributed by atoms with Crippen LogP contribution in [0.25, 0.3) is 0 Å². The first-order chi connectivity index (χ1) is 7.87. The standard InChI is InChI=1S/C15H26N2/c1-12-7-6-8-17(12)14-10-16(11-14)13(2)9-15(3,4)5/h14H,1-2,6-11H2,3-5H3. The molecule has 2 saturated heterocycles. The Labute approximate surface area is 106 Å². The van der Waals surface area contributed by atoms with Gasteiger partial charge in [0, 0.05) is 31.0 Å². The Morgan fingerprint density at radius 2 is 2.00 bits per heavy atom. The SMILES string of the molecule is C=C(CC(C)(C)C)N1CC(N2CCCC2=C)C1. The van der Waals surface area contributed by atoms with Crippen molar-refractivity contribution >= 4 is 0 Å². The van der Waals surface area contributed by atoms with Crippen molar-refractivity contribution in [1.82, 2.24) is 9.80 Å². The van der Waals surface area contributed by atoms with E-state index in [4.69, 9.17) is 0 Å². The summed E-state index contributed by atoms with van der Waals surface area (Å²) in [6, 6.07) is 0.696.